The standard InChI is InChI=1S/C4H3NO2S.Na/c6-4(7)3-1-2-5-8-3;/h1-2H,(H,6,7);/q;+1/p-1. The Morgan fingerprint density at radius 3 is 2.67 bits per heavy atom. The summed E-state index contributed by atoms with van der Waals surface area (Å²) in [6, 6.07) is 1.40. The van der Waals surface area contributed by atoms with Gasteiger partial charge < -0.3 is 9.90 Å². The van der Waals surface area contributed by atoms with E-state index in [-0.39, 0.29) is 34.4 Å². The Hall–Kier alpha value is 0.1000. The molecule has 0 unspecified atom stereocenters. The zero-order valence-electron chi connectivity index (χ0n) is 4.83. The molecule has 0 radical (unpaired) electrons. The van der Waals surface area contributed by atoms with Gasteiger partial charge in [-0.3, -0.25) is 0 Å². The maximum atomic E-state index is 9.92. The molecule has 42 valence electrons. The van der Waals surface area contributed by atoms with Crippen LogP contribution in [0, 0.1) is 0 Å². The molecule has 0 saturated carbocycles. The molecule has 0 amide bonds. The average Bonchev–Trinajstić information content (AvgIpc) is 2.12. The SMILES string of the molecule is O=C([O-])c1ccns1.[Na+]. The van der Waals surface area contributed by atoms with Crippen molar-refractivity contribution < 1.29 is 39.5 Å². The largest absolute Gasteiger partial charge is 1.00 e. The fourth-order valence-corrected chi connectivity index (χ4v) is 0.753. The van der Waals surface area contributed by atoms with Crippen molar-refractivity contribution in [3.63, 3.8) is 0 Å². The van der Waals surface area contributed by atoms with Crippen LogP contribution in [-0.2, 0) is 0 Å². The number of carbonyl (C=O) groups excluding carboxylic acids is 1. The molecular weight excluding hydrogens is 149 g/mol. The van der Waals surface area contributed by atoms with Crippen LogP contribution in [0.5, 0.6) is 0 Å². The van der Waals surface area contributed by atoms with Crippen molar-refractivity contribution in [3.05, 3.63) is 17.1 Å². The number of carbonyl (C=O) groups is 1. The molecule has 1 heterocycles. The van der Waals surface area contributed by atoms with Gasteiger partial charge >= 0.3 is 29.6 Å². The van der Waals surface area contributed by atoms with E-state index in [1.807, 2.05) is 0 Å². The third-order valence-electron chi connectivity index (χ3n) is 0.639. The second-order valence-corrected chi connectivity index (χ2v) is 2.00. The zero-order chi connectivity index (χ0) is 5.98. The summed E-state index contributed by atoms with van der Waals surface area (Å²) in [5.74, 6) is -1.16. The molecule has 0 aromatic carbocycles. The molecular formula is C4H2NNaO2S. The van der Waals surface area contributed by atoms with Crippen molar-refractivity contribution in [2.75, 3.05) is 0 Å². The Bertz CT molecular complexity index is 186. The van der Waals surface area contributed by atoms with Gasteiger partial charge in [-0.15, -0.1) is 0 Å². The summed E-state index contributed by atoms with van der Waals surface area (Å²) in [5.41, 5.74) is 0. The first kappa shape index (κ1) is 9.10. The molecule has 0 N–H and O–H groups in total. The third kappa shape index (κ3) is 2.45. The van der Waals surface area contributed by atoms with E-state index in [0.717, 1.165) is 11.5 Å². The van der Waals surface area contributed by atoms with Crippen LogP contribution in [0.4, 0.5) is 0 Å². The summed E-state index contributed by atoms with van der Waals surface area (Å²) < 4.78 is 3.56. The van der Waals surface area contributed by atoms with Gasteiger partial charge in [-0.1, -0.05) is 0 Å². The van der Waals surface area contributed by atoms with E-state index in [9.17, 15) is 9.90 Å². The Morgan fingerprint density at radius 1 is 1.78 bits per heavy atom. The molecule has 1 aromatic rings. The number of carboxylic acid groups (broad SMARTS) is 1. The Labute approximate surface area is 78.2 Å². The summed E-state index contributed by atoms with van der Waals surface area (Å²) in [6.45, 7) is 0. The van der Waals surface area contributed by atoms with Crippen molar-refractivity contribution in [2.45, 2.75) is 0 Å². The van der Waals surface area contributed by atoms with Gasteiger partial charge in [0.25, 0.3) is 0 Å². The zero-order valence-corrected chi connectivity index (χ0v) is 7.64. The van der Waals surface area contributed by atoms with E-state index in [0.29, 0.717) is 0 Å². The summed E-state index contributed by atoms with van der Waals surface area (Å²) in [7, 11) is 0. The predicted octanol–water partition coefficient (Wildman–Crippen LogP) is -3.49. The van der Waals surface area contributed by atoms with Crippen LogP contribution in [0.3, 0.4) is 0 Å². The molecule has 0 bridgehead atoms. The van der Waals surface area contributed by atoms with Gasteiger partial charge in [-0.25, -0.2) is 4.37 Å². The van der Waals surface area contributed by atoms with E-state index in [2.05, 4.69) is 4.37 Å². The molecule has 0 atom stereocenters. The van der Waals surface area contributed by atoms with E-state index >= 15 is 0 Å². The van der Waals surface area contributed by atoms with Crippen molar-refractivity contribution in [1.29, 1.82) is 0 Å². The molecule has 5 heteroatoms. The molecule has 1 aromatic heterocycles. The second kappa shape index (κ2) is 4.00. The molecule has 0 spiro atoms. The first-order valence-corrected chi connectivity index (χ1v) is 2.70. The van der Waals surface area contributed by atoms with Crippen LogP contribution in [0.25, 0.3) is 0 Å². The van der Waals surface area contributed by atoms with Crippen LogP contribution in [0.1, 0.15) is 9.67 Å². The van der Waals surface area contributed by atoms with Gasteiger partial charge in [0.1, 0.15) is 0 Å². The number of aromatic nitrogens is 1. The summed E-state index contributed by atoms with van der Waals surface area (Å²) in [5, 5.41) is 9.92. The number of carboxylic acids is 1. The normalized spacial score (nSPS) is 8.00. The Morgan fingerprint density at radius 2 is 2.44 bits per heavy atom. The molecule has 9 heavy (non-hydrogen) atoms. The monoisotopic (exact) mass is 151 g/mol. The summed E-state index contributed by atoms with van der Waals surface area (Å²) >= 11 is 0.919. The van der Waals surface area contributed by atoms with Crippen molar-refractivity contribution in [3.8, 4) is 0 Å². The molecule has 0 aliphatic rings. The minimum absolute atomic E-state index is 0. The number of hydrogen-bond donors (Lipinski definition) is 0. The van der Waals surface area contributed by atoms with Crippen LogP contribution in [0.2, 0.25) is 0 Å². The minimum Gasteiger partial charge on any atom is -0.544 e. The van der Waals surface area contributed by atoms with Crippen LogP contribution in [0.15, 0.2) is 12.3 Å². The van der Waals surface area contributed by atoms with E-state index in [1.54, 1.807) is 0 Å². The first-order chi connectivity index (χ1) is 3.80. The van der Waals surface area contributed by atoms with Gasteiger partial charge in [0, 0.05) is 6.20 Å². The Balaban J connectivity index is 0.000000640. The van der Waals surface area contributed by atoms with Crippen molar-refractivity contribution >= 4 is 17.5 Å². The van der Waals surface area contributed by atoms with Gasteiger partial charge in [0.2, 0.25) is 0 Å². The number of aromatic carboxylic acids is 1. The Kier molecular flexibility index (Phi) is 4.05. The fraction of sp³-hybridized carbons (Fsp3) is 0. The maximum absolute atomic E-state index is 9.92. The summed E-state index contributed by atoms with van der Waals surface area (Å²) in [6.07, 6.45) is 1.43. The van der Waals surface area contributed by atoms with Crippen LogP contribution < -0.4 is 34.7 Å². The molecule has 0 saturated heterocycles. The predicted molar refractivity (Wildman–Crippen MR) is 26.4 cm³/mol. The number of nitrogens with zero attached hydrogens (tertiary/aromatic N) is 1. The third-order valence-corrected chi connectivity index (χ3v) is 1.37. The summed E-state index contributed by atoms with van der Waals surface area (Å²) in [4.78, 5) is 10.1. The van der Waals surface area contributed by atoms with Crippen LogP contribution >= 0.6 is 11.5 Å². The minimum atomic E-state index is -1.16. The van der Waals surface area contributed by atoms with Crippen molar-refractivity contribution in [2.24, 2.45) is 0 Å². The first-order valence-electron chi connectivity index (χ1n) is 1.93. The van der Waals surface area contributed by atoms with Crippen molar-refractivity contribution in [1.82, 2.24) is 4.37 Å². The topological polar surface area (TPSA) is 53.0 Å². The van der Waals surface area contributed by atoms with Gasteiger partial charge in [-0.05, 0) is 17.6 Å². The molecule has 3 nitrogen and oxygen atoms in total. The number of hydrogen-bond acceptors (Lipinski definition) is 4. The van der Waals surface area contributed by atoms with Gasteiger partial charge in [0.05, 0.1) is 10.8 Å². The molecule has 0 fully saturated rings. The molecule has 0 aliphatic carbocycles. The van der Waals surface area contributed by atoms with E-state index in [4.69, 9.17) is 0 Å². The van der Waals surface area contributed by atoms with E-state index < -0.39 is 5.97 Å². The average molecular weight is 151 g/mol. The van der Waals surface area contributed by atoms with E-state index in [1.165, 1.54) is 12.3 Å². The quantitative estimate of drug-likeness (QED) is 0.391. The molecule has 0 aliphatic heterocycles. The van der Waals surface area contributed by atoms with Crippen LogP contribution in [-0.4, -0.2) is 10.3 Å². The maximum Gasteiger partial charge on any atom is 1.00 e. The van der Waals surface area contributed by atoms with Gasteiger partial charge in [-0.2, -0.15) is 0 Å². The second-order valence-electron chi connectivity index (χ2n) is 1.16. The smallest absolute Gasteiger partial charge is 0.544 e. The number of rotatable bonds is 1. The van der Waals surface area contributed by atoms with Gasteiger partial charge in [0.15, 0.2) is 0 Å². The fourth-order valence-electron chi connectivity index (χ4n) is 0.321. The molecule has 1 rings (SSSR count).